The molecule has 0 amide bonds. The van der Waals surface area contributed by atoms with Crippen LogP contribution in [0.5, 0.6) is 11.5 Å². The van der Waals surface area contributed by atoms with Crippen LogP contribution in [0.4, 0.5) is 0 Å². The van der Waals surface area contributed by atoms with Crippen molar-refractivity contribution in [3.05, 3.63) is 65.2 Å². The van der Waals surface area contributed by atoms with Gasteiger partial charge >= 0.3 is 5.97 Å². The number of aliphatic carboxylic acids is 1. The SMILES string of the molecule is COc1cc(/C=C(\C#N)C(=O)c2ccccc2)ccc1OCC(=O)O. The van der Waals surface area contributed by atoms with Gasteiger partial charge in [-0.05, 0) is 23.8 Å². The van der Waals surface area contributed by atoms with Crippen LogP contribution in [0.3, 0.4) is 0 Å². The highest BCUT2D eigenvalue weighted by Crippen LogP contribution is 2.29. The molecule has 0 spiro atoms. The monoisotopic (exact) mass is 337 g/mol. The molecule has 0 aliphatic heterocycles. The summed E-state index contributed by atoms with van der Waals surface area (Å²) in [5.74, 6) is -0.922. The fraction of sp³-hybridized carbons (Fsp3) is 0.105. The van der Waals surface area contributed by atoms with E-state index in [9.17, 15) is 14.9 Å². The van der Waals surface area contributed by atoms with Gasteiger partial charge in [0.1, 0.15) is 11.6 Å². The Hall–Kier alpha value is -3.59. The lowest BCUT2D eigenvalue weighted by Crippen LogP contribution is -2.10. The topological polar surface area (TPSA) is 96.6 Å². The van der Waals surface area contributed by atoms with E-state index in [0.717, 1.165) is 0 Å². The molecule has 0 heterocycles. The number of rotatable bonds is 7. The molecule has 6 nitrogen and oxygen atoms in total. The Labute approximate surface area is 144 Å². The number of carboxylic acid groups (broad SMARTS) is 1. The summed E-state index contributed by atoms with van der Waals surface area (Å²) in [6.45, 7) is -0.499. The van der Waals surface area contributed by atoms with Gasteiger partial charge in [0.2, 0.25) is 5.78 Å². The highest BCUT2D eigenvalue weighted by Gasteiger charge is 2.13. The van der Waals surface area contributed by atoms with Crippen molar-refractivity contribution in [2.24, 2.45) is 0 Å². The summed E-state index contributed by atoms with van der Waals surface area (Å²) in [7, 11) is 1.41. The van der Waals surface area contributed by atoms with Crippen molar-refractivity contribution in [2.45, 2.75) is 0 Å². The van der Waals surface area contributed by atoms with Crippen molar-refractivity contribution in [1.82, 2.24) is 0 Å². The number of ether oxygens (including phenoxy) is 2. The van der Waals surface area contributed by atoms with Crippen LogP contribution in [0.2, 0.25) is 0 Å². The van der Waals surface area contributed by atoms with Crippen molar-refractivity contribution in [1.29, 1.82) is 5.26 Å². The molecule has 0 saturated carbocycles. The number of hydrogen-bond acceptors (Lipinski definition) is 5. The molecule has 0 saturated heterocycles. The lowest BCUT2D eigenvalue weighted by Gasteiger charge is -2.10. The van der Waals surface area contributed by atoms with Crippen LogP contribution in [-0.4, -0.2) is 30.6 Å². The van der Waals surface area contributed by atoms with Gasteiger partial charge in [0, 0.05) is 5.56 Å². The van der Waals surface area contributed by atoms with E-state index in [4.69, 9.17) is 14.6 Å². The molecule has 0 bridgehead atoms. The van der Waals surface area contributed by atoms with E-state index in [0.29, 0.717) is 16.9 Å². The molecule has 25 heavy (non-hydrogen) atoms. The molecular formula is C19H15NO5. The van der Waals surface area contributed by atoms with Crippen LogP contribution < -0.4 is 9.47 Å². The molecule has 1 N–H and O–H groups in total. The number of hydrogen-bond donors (Lipinski definition) is 1. The lowest BCUT2D eigenvalue weighted by atomic mass is 10.0. The highest BCUT2D eigenvalue weighted by atomic mass is 16.5. The molecule has 2 rings (SSSR count). The van der Waals surface area contributed by atoms with Crippen molar-refractivity contribution >= 4 is 17.8 Å². The molecule has 2 aromatic rings. The second kappa shape index (κ2) is 8.31. The molecule has 0 unspecified atom stereocenters. The van der Waals surface area contributed by atoms with Crippen LogP contribution in [0.15, 0.2) is 54.1 Å². The minimum absolute atomic E-state index is 0.0209. The zero-order valence-electron chi connectivity index (χ0n) is 13.4. The number of nitriles is 1. The van der Waals surface area contributed by atoms with E-state index in [1.807, 2.05) is 6.07 Å². The van der Waals surface area contributed by atoms with Gasteiger partial charge in [0.05, 0.1) is 7.11 Å². The summed E-state index contributed by atoms with van der Waals surface area (Å²) in [4.78, 5) is 23.0. The van der Waals surface area contributed by atoms with E-state index in [1.54, 1.807) is 42.5 Å². The quantitative estimate of drug-likeness (QED) is 0.474. The van der Waals surface area contributed by atoms with Crippen LogP contribution in [0.1, 0.15) is 15.9 Å². The molecule has 0 radical (unpaired) electrons. The Kier molecular flexibility index (Phi) is 5.91. The third kappa shape index (κ3) is 4.69. The second-order valence-corrected chi connectivity index (χ2v) is 4.96. The summed E-state index contributed by atoms with van der Waals surface area (Å²) in [6.07, 6.45) is 1.44. The van der Waals surface area contributed by atoms with E-state index in [1.165, 1.54) is 19.3 Å². The fourth-order valence-corrected chi connectivity index (χ4v) is 2.09. The number of nitrogens with zero attached hydrogens (tertiary/aromatic N) is 1. The van der Waals surface area contributed by atoms with Gasteiger partial charge in [-0.3, -0.25) is 4.79 Å². The molecule has 0 aromatic heterocycles. The van der Waals surface area contributed by atoms with E-state index < -0.39 is 12.6 Å². The molecule has 0 aliphatic carbocycles. The van der Waals surface area contributed by atoms with E-state index in [2.05, 4.69) is 0 Å². The highest BCUT2D eigenvalue weighted by molar-refractivity contribution is 6.14. The predicted octanol–water partition coefficient (Wildman–Crippen LogP) is 2.95. The van der Waals surface area contributed by atoms with Crippen molar-refractivity contribution < 1.29 is 24.2 Å². The molecule has 126 valence electrons. The van der Waals surface area contributed by atoms with Crippen molar-refractivity contribution in [3.8, 4) is 17.6 Å². The summed E-state index contributed by atoms with van der Waals surface area (Å²) in [6, 6.07) is 15.1. The summed E-state index contributed by atoms with van der Waals surface area (Å²) in [5.41, 5.74) is 0.955. The standard InChI is InChI=1S/C19H15NO5/c1-24-17-10-13(7-8-16(17)25-12-18(21)22)9-15(11-20)19(23)14-5-3-2-4-6-14/h2-10H,12H2,1H3,(H,21,22)/b15-9+. The van der Waals surface area contributed by atoms with Crippen LogP contribution in [-0.2, 0) is 4.79 Å². The molecule has 0 aliphatic rings. The molecular weight excluding hydrogens is 322 g/mol. The van der Waals surface area contributed by atoms with Gasteiger partial charge < -0.3 is 14.6 Å². The number of benzene rings is 2. The summed E-state index contributed by atoms with van der Waals surface area (Å²) in [5, 5.41) is 17.9. The Morgan fingerprint density at radius 2 is 1.88 bits per heavy atom. The van der Waals surface area contributed by atoms with Gasteiger partial charge in [0.15, 0.2) is 18.1 Å². The first-order valence-electron chi connectivity index (χ1n) is 7.29. The number of carbonyl (C=O) groups excluding carboxylic acids is 1. The van der Waals surface area contributed by atoms with Crippen LogP contribution in [0.25, 0.3) is 6.08 Å². The first-order valence-corrected chi connectivity index (χ1v) is 7.29. The molecule has 2 aromatic carbocycles. The summed E-state index contributed by atoms with van der Waals surface area (Å²) >= 11 is 0. The first-order chi connectivity index (χ1) is 12.0. The Balaban J connectivity index is 2.30. The number of ketones is 1. The average Bonchev–Trinajstić information content (AvgIpc) is 2.64. The zero-order valence-corrected chi connectivity index (χ0v) is 13.4. The van der Waals surface area contributed by atoms with E-state index >= 15 is 0 Å². The van der Waals surface area contributed by atoms with Crippen molar-refractivity contribution in [3.63, 3.8) is 0 Å². The smallest absolute Gasteiger partial charge is 0.341 e. The first kappa shape index (κ1) is 17.8. The van der Waals surface area contributed by atoms with Crippen molar-refractivity contribution in [2.75, 3.05) is 13.7 Å². The van der Waals surface area contributed by atoms with Gasteiger partial charge in [-0.25, -0.2) is 4.79 Å². The van der Waals surface area contributed by atoms with Gasteiger partial charge in [-0.1, -0.05) is 36.4 Å². The molecule has 0 fully saturated rings. The fourth-order valence-electron chi connectivity index (χ4n) is 2.09. The maximum atomic E-state index is 12.4. The minimum atomic E-state index is -1.11. The third-order valence-corrected chi connectivity index (χ3v) is 3.25. The van der Waals surface area contributed by atoms with Crippen LogP contribution in [0, 0.1) is 11.3 Å². The molecule has 0 atom stereocenters. The van der Waals surface area contributed by atoms with Gasteiger partial charge in [-0.2, -0.15) is 5.26 Å². The predicted molar refractivity (Wildman–Crippen MR) is 90.5 cm³/mol. The average molecular weight is 337 g/mol. The number of Topliss-reactive ketones (excluding diaryl/α,β-unsaturated/α-hetero) is 1. The summed E-state index contributed by atoms with van der Waals surface area (Å²) < 4.78 is 10.3. The Bertz CT molecular complexity index is 850. The zero-order chi connectivity index (χ0) is 18.2. The minimum Gasteiger partial charge on any atom is -0.493 e. The number of carbonyl (C=O) groups is 2. The third-order valence-electron chi connectivity index (χ3n) is 3.25. The number of methoxy groups -OCH3 is 1. The molecule has 6 heteroatoms. The maximum absolute atomic E-state index is 12.4. The largest absolute Gasteiger partial charge is 0.493 e. The maximum Gasteiger partial charge on any atom is 0.341 e. The number of allylic oxidation sites excluding steroid dienone is 1. The van der Waals surface area contributed by atoms with Crippen LogP contribution >= 0.6 is 0 Å². The van der Waals surface area contributed by atoms with Gasteiger partial charge in [-0.15, -0.1) is 0 Å². The normalized spacial score (nSPS) is 10.6. The second-order valence-electron chi connectivity index (χ2n) is 4.96. The Morgan fingerprint density at radius 1 is 1.16 bits per heavy atom. The lowest BCUT2D eigenvalue weighted by molar-refractivity contribution is -0.139. The Morgan fingerprint density at radius 3 is 2.48 bits per heavy atom. The number of carboxylic acids is 1. The van der Waals surface area contributed by atoms with E-state index in [-0.39, 0.29) is 17.1 Å². The van der Waals surface area contributed by atoms with Gasteiger partial charge in [0.25, 0.3) is 0 Å².